The van der Waals surface area contributed by atoms with Gasteiger partial charge in [-0.05, 0) is 36.5 Å². The molecule has 0 aliphatic carbocycles. The van der Waals surface area contributed by atoms with E-state index in [4.69, 9.17) is 0 Å². The van der Waals surface area contributed by atoms with E-state index in [0.29, 0.717) is 6.04 Å². The van der Waals surface area contributed by atoms with Gasteiger partial charge in [0.2, 0.25) is 0 Å². The van der Waals surface area contributed by atoms with Crippen LogP contribution in [0.4, 0.5) is 5.69 Å². The summed E-state index contributed by atoms with van der Waals surface area (Å²) in [5.74, 6) is 0. The van der Waals surface area contributed by atoms with E-state index in [2.05, 4.69) is 73.8 Å². The highest BCUT2D eigenvalue weighted by Crippen LogP contribution is 2.19. The molecule has 1 N–H and O–H groups in total. The number of rotatable bonds is 7. The molecule has 1 nitrogen and oxygen atoms in total. The van der Waals surface area contributed by atoms with E-state index in [1.165, 1.54) is 23.2 Å². The fourth-order valence-electron chi connectivity index (χ4n) is 2.56. The zero-order chi connectivity index (χ0) is 14.2. The van der Waals surface area contributed by atoms with Crippen LogP contribution in [0, 0.1) is 0 Å². The molecule has 106 valence electrons. The number of nitrogens with one attached hydrogen (secondary N) is 1. The van der Waals surface area contributed by atoms with Crippen molar-refractivity contribution in [1.29, 1.82) is 0 Å². The largest absolute Gasteiger partial charge is 0.382 e. The summed E-state index contributed by atoms with van der Waals surface area (Å²) >= 11 is 0. The van der Waals surface area contributed by atoms with Crippen molar-refractivity contribution in [1.82, 2.24) is 0 Å². The molecule has 0 aromatic heterocycles. The number of anilines is 1. The lowest BCUT2D eigenvalue weighted by Crippen LogP contribution is -2.22. The predicted molar refractivity (Wildman–Crippen MR) is 88.3 cm³/mol. The molecule has 2 aromatic rings. The maximum absolute atomic E-state index is 3.73. The van der Waals surface area contributed by atoms with Gasteiger partial charge in [-0.15, -0.1) is 0 Å². The van der Waals surface area contributed by atoms with Crippen molar-refractivity contribution >= 4 is 5.69 Å². The third kappa shape index (κ3) is 4.12. The first-order valence-electron chi connectivity index (χ1n) is 7.71. The summed E-state index contributed by atoms with van der Waals surface area (Å²) < 4.78 is 0. The van der Waals surface area contributed by atoms with Gasteiger partial charge in [-0.2, -0.15) is 0 Å². The van der Waals surface area contributed by atoms with Gasteiger partial charge in [-0.1, -0.05) is 68.8 Å². The van der Waals surface area contributed by atoms with Crippen molar-refractivity contribution in [3.8, 4) is 0 Å². The number of hydrogen-bond donors (Lipinski definition) is 1. The van der Waals surface area contributed by atoms with E-state index < -0.39 is 0 Å². The fourth-order valence-corrected chi connectivity index (χ4v) is 2.56. The Balaban J connectivity index is 2.06. The molecular weight excluding hydrogens is 242 g/mol. The minimum atomic E-state index is 0.496. The maximum atomic E-state index is 3.73. The summed E-state index contributed by atoms with van der Waals surface area (Å²) in [6, 6.07) is 19.9. The molecule has 0 heterocycles. The molecule has 0 aliphatic rings. The average molecular weight is 267 g/mol. The monoisotopic (exact) mass is 267 g/mol. The van der Waals surface area contributed by atoms with Gasteiger partial charge < -0.3 is 5.32 Å². The molecule has 0 saturated heterocycles. The second-order valence-electron chi connectivity index (χ2n) is 5.35. The lowest BCUT2D eigenvalue weighted by Gasteiger charge is -2.20. The van der Waals surface area contributed by atoms with Crippen LogP contribution in [0.25, 0.3) is 0 Å². The Hall–Kier alpha value is -1.76. The number of para-hydroxylation sites is 1. The summed E-state index contributed by atoms with van der Waals surface area (Å²) in [6.07, 6.45) is 4.55. The van der Waals surface area contributed by atoms with Crippen LogP contribution in [0.2, 0.25) is 0 Å². The standard InChI is InChI=1S/C19H25N/c1-3-10-17-13-8-9-14-19(17)20-18(4-2)15-16-11-6-5-7-12-16/h5-9,11-14,18,20H,3-4,10,15H2,1-2H3. The van der Waals surface area contributed by atoms with Crippen molar-refractivity contribution in [2.75, 3.05) is 5.32 Å². The lowest BCUT2D eigenvalue weighted by molar-refractivity contribution is 0.688. The van der Waals surface area contributed by atoms with Crippen LogP contribution in [-0.4, -0.2) is 6.04 Å². The highest BCUT2D eigenvalue weighted by molar-refractivity contribution is 5.52. The van der Waals surface area contributed by atoms with E-state index in [-0.39, 0.29) is 0 Å². The fraction of sp³-hybridized carbons (Fsp3) is 0.368. The van der Waals surface area contributed by atoms with Crippen molar-refractivity contribution < 1.29 is 0 Å². The first-order valence-corrected chi connectivity index (χ1v) is 7.71. The number of benzene rings is 2. The predicted octanol–water partition coefficient (Wildman–Crippen LogP) is 5.07. The molecular formula is C19H25N. The first-order chi connectivity index (χ1) is 9.83. The molecule has 0 amide bonds. The van der Waals surface area contributed by atoms with Crippen LogP contribution in [0.1, 0.15) is 37.8 Å². The van der Waals surface area contributed by atoms with Crippen LogP contribution in [0.5, 0.6) is 0 Å². The third-order valence-corrected chi connectivity index (χ3v) is 3.71. The first kappa shape index (κ1) is 14.6. The zero-order valence-corrected chi connectivity index (χ0v) is 12.6. The van der Waals surface area contributed by atoms with E-state index >= 15 is 0 Å². The lowest BCUT2D eigenvalue weighted by atomic mass is 10.0. The topological polar surface area (TPSA) is 12.0 Å². The minimum Gasteiger partial charge on any atom is -0.382 e. The molecule has 0 fully saturated rings. The second-order valence-corrected chi connectivity index (χ2v) is 5.35. The summed E-state index contributed by atoms with van der Waals surface area (Å²) in [5, 5.41) is 3.73. The third-order valence-electron chi connectivity index (χ3n) is 3.71. The Morgan fingerprint density at radius 3 is 2.30 bits per heavy atom. The summed E-state index contributed by atoms with van der Waals surface area (Å²) in [6.45, 7) is 4.49. The SMILES string of the molecule is CCCc1ccccc1NC(CC)Cc1ccccc1. The molecule has 1 unspecified atom stereocenters. The van der Waals surface area contributed by atoms with Crippen LogP contribution in [-0.2, 0) is 12.8 Å². The highest BCUT2D eigenvalue weighted by Gasteiger charge is 2.09. The normalized spacial score (nSPS) is 12.1. The molecule has 2 aromatic carbocycles. The van der Waals surface area contributed by atoms with Gasteiger partial charge in [0.1, 0.15) is 0 Å². The van der Waals surface area contributed by atoms with E-state index in [9.17, 15) is 0 Å². The van der Waals surface area contributed by atoms with Crippen molar-refractivity contribution in [2.45, 2.75) is 45.6 Å². The molecule has 0 bridgehead atoms. The Morgan fingerprint density at radius 1 is 0.900 bits per heavy atom. The number of aryl methyl sites for hydroxylation is 1. The molecule has 0 spiro atoms. The van der Waals surface area contributed by atoms with Crippen LogP contribution in [0.15, 0.2) is 54.6 Å². The Labute approximate surface area is 123 Å². The van der Waals surface area contributed by atoms with Gasteiger partial charge in [0.15, 0.2) is 0 Å². The van der Waals surface area contributed by atoms with Gasteiger partial charge in [0.05, 0.1) is 0 Å². The van der Waals surface area contributed by atoms with E-state index in [1.807, 2.05) is 0 Å². The summed E-state index contributed by atoms with van der Waals surface area (Å²) in [5.41, 5.74) is 4.14. The Bertz CT molecular complexity index is 504. The summed E-state index contributed by atoms with van der Waals surface area (Å²) in [4.78, 5) is 0. The van der Waals surface area contributed by atoms with Gasteiger partial charge in [-0.3, -0.25) is 0 Å². The molecule has 2 rings (SSSR count). The Morgan fingerprint density at radius 2 is 1.60 bits per heavy atom. The van der Waals surface area contributed by atoms with Gasteiger partial charge in [-0.25, -0.2) is 0 Å². The molecule has 1 heteroatoms. The quantitative estimate of drug-likeness (QED) is 0.738. The highest BCUT2D eigenvalue weighted by atomic mass is 14.9. The van der Waals surface area contributed by atoms with Crippen LogP contribution in [0.3, 0.4) is 0 Å². The smallest absolute Gasteiger partial charge is 0.0374 e. The van der Waals surface area contributed by atoms with E-state index in [0.717, 1.165) is 19.3 Å². The molecule has 20 heavy (non-hydrogen) atoms. The molecule has 0 aliphatic heterocycles. The molecule has 0 saturated carbocycles. The zero-order valence-electron chi connectivity index (χ0n) is 12.6. The van der Waals surface area contributed by atoms with Gasteiger partial charge in [0.25, 0.3) is 0 Å². The van der Waals surface area contributed by atoms with Crippen molar-refractivity contribution in [3.05, 3.63) is 65.7 Å². The molecule has 0 radical (unpaired) electrons. The summed E-state index contributed by atoms with van der Waals surface area (Å²) in [7, 11) is 0. The maximum Gasteiger partial charge on any atom is 0.0374 e. The average Bonchev–Trinajstić information content (AvgIpc) is 2.50. The van der Waals surface area contributed by atoms with Crippen LogP contribution >= 0.6 is 0 Å². The van der Waals surface area contributed by atoms with Gasteiger partial charge in [0, 0.05) is 11.7 Å². The Kier molecular flexibility index (Phi) is 5.67. The molecule has 1 atom stereocenters. The van der Waals surface area contributed by atoms with Gasteiger partial charge >= 0.3 is 0 Å². The van der Waals surface area contributed by atoms with Crippen molar-refractivity contribution in [3.63, 3.8) is 0 Å². The van der Waals surface area contributed by atoms with E-state index in [1.54, 1.807) is 0 Å². The minimum absolute atomic E-state index is 0.496. The van der Waals surface area contributed by atoms with Crippen molar-refractivity contribution in [2.24, 2.45) is 0 Å². The number of hydrogen-bond acceptors (Lipinski definition) is 1. The second kappa shape index (κ2) is 7.74. The van der Waals surface area contributed by atoms with Crippen LogP contribution < -0.4 is 5.32 Å².